The van der Waals surface area contributed by atoms with E-state index in [2.05, 4.69) is 46.4 Å². The van der Waals surface area contributed by atoms with Gasteiger partial charge in [-0.2, -0.15) is 0 Å². The predicted molar refractivity (Wildman–Crippen MR) is 118 cm³/mol. The van der Waals surface area contributed by atoms with Crippen LogP contribution in [0.25, 0.3) is 12.3 Å². The van der Waals surface area contributed by atoms with Gasteiger partial charge in [0, 0.05) is 42.0 Å². The van der Waals surface area contributed by atoms with E-state index in [0.717, 1.165) is 55.0 Å². The van der Waals surface area contributed by atoms with Crippen LogP contribution >= 0.6 is 11.3 Å². The van der Waals surface area contributed by atoms with Gasteiger partial charge in [0.05, 0.1) is 10.5 Å². The fraction of sp³-hybridized carbons (Fsp3) is 0.609. The maximum atomic E-state index is 13.0. The zero-order valence-electron chi connectivity index (χ0n) is 17.2. The molecule has 2 bridgehead atoms. The van der Waals surface area contributed by atoms with E-state index in [0.29, 0.717) is 12.5 Å². The van der Waals surface area contributed by atoms with Crippen LogP contribution in [0.5, 0.6) is 0 Å². The lowest BCUT2D eigenvalue weighted by atomic mass is 9.80. The van der Waals surface area contributed by atoms with Crippen LogP contribution in [0.2, 0.25) is 0 Å². The van der Waals surface area contributed by atoms with Crippen LogP contribution in [-0.2, 0) is 0 Å². The lowest BCUT2D eigenvalue weighted by Gasteiger charge is -2.53. The summed E-state index contributed by atoms with van der Waals surface area (Å²) in [6, 6.07) is 2.14. The van der Waals surface area contributed by atoms with E-state index in [1.807, 2.05) is 11.1 Å². The quantitative estimate of drug-likeness (QED) is 0.726. The van der Waals surface area contributed by atoms with Gasteiger partial charge in [-0.15, -0.1) is 11.3 Å². The van der Waals surface area contributed by atoms with Crippen LogP contribution in [0, 0.1) is 23.7 Å². The molecule has 5 aliphatic rings. The molecular formula is C23H30N4OS. The van der Waals surface area contributed by atoms with Crippen LogP contribution in [-0.4, -0.2) is 54.2 Å². The normalized spacial score (nSPS) is 32.6. The molecule has 6 rings (SSSR count). The van der Waals surface area contributed by atoms with Crippen LogP contribution < -0.4 is 20.4 Å². The summed E-state index contributed by atoms with van der Waals surface area (Å²) in [6.45, 7) is 7.24. The van der Waals surface area contributed by atoms with E-state index < -0.39 is 0 Å². The van der Waals surface area contributed by atoms with Crippen molar-refractivity contribution >= 4 is 29.6 Å². The Hall–Kier alpha value is -1.81. The van der Waals surface area contributed by atoms with Crippen molar-refractivity contribution in [1.29, 1.82) is 0 Å². The van der Waals surface area contributed by atoms with Gasteiger partial charge in [0.15, 0.2) is 0 Å². The average Bonchev–Trinajstić information content (AvgIpc) is 3.37. The lowest BCUT2D eigenvalue weighted by Crippen LogP contribution is -2.66. The minimum atomic E-state index is -0.202. The highest BCUT2D eigenvalue weighted by Gasteiger charge is 2.43. The zero-order valence-corrected chi connectivity index (χ0v) is 18.0. The Morgan fingerprint density at radius 1 is 1.38 bits per heavy atom. The number of fused-ring (bicyclic) bond motifs is 4. The summed E-state index contributed by atoms with van der Waals surface area (Å²) >= 11 is 1.73. The maximum Gasteiger partial charge on any atom is 0.323 e. The van der Waals surface area contributed by atoms with Crippen LogP contribution in [0.15, 0.2) is 6.07 Å². The van der Waals surface area contributed by atoms with Crippen molar-refractivity contribution in [2.45, 2.75) is 44.7 Å². The summed E-state index contributed by atoms with van der Waals surface area (Å²) in [5, 5.41) is 7.84. The Morgan fingerprint density at radius 3 is 2.97 bits per heavy atom. The number of rotatable bonds is 2. The summed E-state index contributed by atoms with van der Waals surface area (Å²) in [6.07, 6.45) is 9.96. The molecular weight excluding hydrogens is 380 g/mol. The summed E-state index contributed by atoms with van der Waals surface area (Å²) in [7, 11) is 0. The molecule has 4 fully saturated rings. The highest BCUT2D eigenvalue weighted by Crippen LogP contribution is 2.37. The molecule has 6 heterocycles. The second-order valence-electron chi connectivity index (χ2n) is 9.12. The number of nitrogens with one attached hydrogen (secondary N) is 2. The van der Waals surface area contributed by atoms with Gasteiger partial charge in [0.2, 0.25) is 0 Å². The van der Waals surface area contributed by atoms with E-state index in [1.54, 1.807) is 11.3 Å². The molecule has 29 heavy (non-hydrogen) atoms. The zero-order chi connectivity index (χ0) is 19.8. The number of carbonyl (C=O) groups is 1. The van der Waals surface area contributed by atoms with Crippen LogP contribution in [0.3, 0.4) is 0 Å². The van der Waals surface area contributed by atoms with Gasteiger partial charge in [-0.05, 0) is 69.7 Å². The van der Waals surface area contributed by atoms with Crippen molar-refractivity contribution in [3.8, 4) is 11.8 Å². The monoisotopic (exact) mass is 410 g/mol. The topological polar surface area (TPSA) is 47.6 Å². The van der Waals surface area contributed by atoms with Gasteiger partial charge in [0.1, 0.15) is 0 Å². The number of thiophene rings is 1. The van der Waals surface area contributed by atoms with E-state index in [-0.39, 0.29) is 11.7 Å². The van der Waals surface area contributed by atoms with Crippen LogP contribution in [0.1, 0.15) is 43.9 Å². The molecule has 0 saturated carbocycles. The van der Waals surface area contributed by atoms with Gasteiger partial charge in [-0.1, -0.05) is 11.8 Å². The Balaban J connectivity index is 1.26. The van der Waals surface area contributed by atoms with E-state index in [9.17, 15) is 4.79 Å². The van der Waals surface area contributed by atoms with Gasteiger partial charge in [0.25, 0.3) is 0 Å². The van der Waals surface area contributed by atoms with Gasteiger partial charge in [-0.25, -0.2) is 4.79 Å². The Bertz CT molecular complexity index is 959. The molecule has 2 amide bonds. The Morgan fingerprint density at radius 2 is 2.24 bits per heavy atom. The second-order valence-corrected chi connectivity index (χ2v) is 10.2. The minimum Gasteiger partial charge on any atom is -0.320 e. The fourth-order valence-corrected chi connectivity index (χ4v) is 6.14. The predicted octanol–water partition coefficient (Wildman–Crippen LogP) is 1.47. The molecule has 6 heteroatoms. The third-order valence-corrected chi connectivity index (χ3v) is 8.02. The molecule has 0 aliphatic carbocycles. The third kappa shape index (κ3) is 3.96. The van der Waals surface area contributed by atoms with Crippen LogP contribution in [0.4, 0.5) is 4.79 Å². The number of carbonyl (C=O) groups excluding carboxylic acids is 1. The number of nitrogens with zero attached hydrogens (tertiary/aromatic N) is 2. The third-order valence-electron chi connectivity index (χ3n) is 6.96. The molecule has 4 saturated heterocycles. The van der Waals surface area contributed by atoms with Crippen molar-refractivity contribution in [2.24, 2.45) is 11.8 Å². The first kappa shape index (κ1) is 19.2. The van der Waals surface area contributed by atoms with Gasteiger partial charge < -0.3 is 10.6 Å². The molecule has 154 valence electrons. The average molecular weight is 411 g/mol. The molecule has 1 aromatic heterocycles. The molecule has 2 atom stereocenters. The molecule has 0 spiro atoms. The standard InChI is InChI=1S/C23H30N4OS/c1-23(14-17-6-11-27(23)12-7-17)25-22(28)26-10-8-21-19(16-26)13-20(29-21)4-2-3-18-5-9-24-15-18/h8,13,16-18,24H,3,5-7,9-12,14-15H2,1H3,(H,25,28)/t18-,23+/m1/s1. The Labute approximate surface area is 176 Å². The molecule has 0 radical (unpaired) electrons. The lowest BCUT2D eigenvalue weighted by molar-refractivity contribution is -0.0328. The fourth-order valence-electron chi connectivity index (χ4n) is 5.21. The van der Waals surface area contributed by atoms with Gasteiger partial charge >= 0.3 is 6.03 Å². The van der Waals surface area contributed by atoms with Crippen molar-refractivity contribution in [1.82, 2.24) is 20.4 Å². The van der Waals surface area contributed by atoms with E-state index in [4.69, 9.17) is 0 Å². The van der Waals surface area contributed by atoms with Crippen molar-refractivity contribution in [3.05, 3.63) is 20.7 Å². The number of piperidine rings is 3. The summed E-state index contributed by atoms with van der Waals surface area (Å²) < 4.78 is 1.23. The number of hydrogen-bond donors (Lipinski definition) is 2. The highest BCUT2D eigenvalue weighted by molar-refractivity contribution is 7.10. The number of amides is 2. The number of urea groups is 1. The first-order valence-corrected chi connectivity index (χ1v) is 11.8. The molecule has 1 aromatic rings. The summed E-state index contributed by atoms with van der Waals surface area (Å²) in [4.78, 5) is 18.3. The first-order chi connectivity index (χ1) is 14.1. The first-order valence-electron chi connectivity index (χ1n) is 10.9. The maximum absolute atomic E-state index is 13.0. The van der Waals surface area contributed by atoms with Crippen molar-refractivity contribution in [2.75, 3.05) is 32.7 Å². The van der Waals surface area contributed by atoms with E-state index >= 15 is 0 Å². The molecule has 5 nitrogen and oxygen atoms in total. The molecule has 0 aromatic carbocycles. The second kappa shape index (κ2) is 7.79. The van der Waals surface area contributed by atoms with Crippen molar-refractivity contribution in [3.63, 3.8) is 0 Å². The van der Waals surface area contributed by atoms with Gasteiger partial charge in [-0.3, -0.25) is 9.80 Å². The largest absolute Gasteiger partial charge is 0.323 e. The molecule has 2 N–H and O–H groups in total. The summed E-state index contributed by atoms with van der Waals surface area (Å²) in [5.74, 6) is 8.15. The summed E-state index contributed by atoms with van der Waals surface area (Å²) in [5.41, 5.74) is -0.202. The smallest absolute Gasteiger partial charge is 0.320 e. The molecule has 0 unspecified atom stereocenters. The Kier molecular flexibility index (Phi) is 5.15. The number of hydrogen-bond acceptors (Lipinski definition) is 4. The van der Waals surface area contributed by atoms with E-state index in [1.165, 1.54) is 23.8 Å². The minimum absolute atomic E-state index is 0.00881. The SMILES string of the molecule is C[C@@]1(NC(=O)N2C=c3cc(C#CC[C@@H]4CCNC4)sc3=CC2)CC2CCN1CC2. The molecule has 5 aliphatic heterocycles. The van der Waals surface area contributed by atoms with Crippen molar-refractivity contribution < 1.29 is 4.79 Å². The highest BCUT2D eigenvalue weighted by atomic mass is 32.1.